The van der Waals surface area contributed by atoms with Crippen molar-refractivity contribution in [2.75, 3.05) is 5.32 Å². The number of hydrogen-bond acceptors (Lipinski definition) is 2. The summed E-state index contributed by atoms with van der Waals surface area (Å²) in [7, 11) is 0. The number of hydrogen-bond donors (Lipinski definition) is 2. The molecule has 0 spiro atoms. The van der Waals surface area contributed by atoms with Crippen LogP contribution in [0, 0.1) is 12.7 Å². The van der Waals surface area contributed by atoms with E-state index in [1.807, 2.05) is 0 Å². The molecule has 0 aliphatic heterocycles. The molecule has 0 radical (unpaired) electrons. The molecule has 1 aromatic rings. The molecule has 0 heterocycles. The first-order valence-electron chi connectivity index (χ1n) is 4.80. The standard InChI is InChI=1S/C11H14FNO2/c1-3-9(11(14)15)13-10-5-4-7(2)6-8(10)12/h4-6,9,13H,3H2,1-2H3,(H,14,15). The molecule has 0 amide bonds. The highest BCUT2D eigenvalue weighted by molar-refractivity contribution is 5.77. The molecule has 1 aromatic carbocycles. The van der Waals surface area contributed by atoms with E-state index in [1.165, 1.54) is 6.07 Å². The van der Waals surface area contributed by atoms with Gasteiger partial charge < -0.3 is 10.4 Å². The van der Waals surface area contributed by atoms with Crippen molar-refractivity contribution < 1.29 is 14.3 Å². The summed E-state index contributed by atoms with van der Waals surface area (Å²) in [4.78, 5) is 10.7. The van der Waals surface area contributed by atoms with Crippen molar-refractivity contribution in [1.82, 2.24) is 0 Å². The first-order valence-corrected chi connectivity index (χ1v) is 4.80. The average Bonchev–Trinajstić information content (AvgIpc) is 2.16. The Morgan fingerprint density at radius 1 is 1.60 bits per heavy atom. The molecule has 0 saturated heterocycles. The number of aliphatic carboxylic acids is 1. The molecule has 0 saturated carbocycles. The van der Waals surface area contributed by atoms with Crippen LogP contribution in [0.15, 0.2) is 18.2 Å². The summed E-state index contributed by atoms with van der Waals surface area (Å²) in [6.45, 7) is 3.51. The SMILES string of the molecule is CCC(Nc1ccc(C)cc1F)C(=O)O. The molecular weight excluding hydrogens is 197 g/mol. The highest BCUT2D eigenvalue weighted by Crippen LogP contribution is 2.16. The van der Waals surface area contributed by atoms with Gasteiger partial charge >= 0.3 is 5.97 Å². The number of carboxylic acid groups (broad SMARTS) is 1. The second-order valence-corrected chi connectivity index (χ2v) is 3.43. The van der Waals surface area contributed by atoms with E-state index >= 15 is 0 Å². The lowest BCUT2D eigenvalue weighted by molar-refractivity contribution is -0.137. The number of anilines is 1. The molecule has 1 atom stereocenters. The zero-order chi connectivity index (χ0) is 11.4. The van der Waals surface area contributed by atoms with Gasteiger partial charge in [0.05, 0.1) is 5.69 Å². The maximum absolute atomic E-state index is 13.4. The lowest BCUT2D eigenvalue weighted by Gasteiger charge is -2.14. The quantitative estimate of drug-likeness (QED) is 0.804. The third-order valence-electron chi connectivity index (χ3n) is 2.16. The van der Waals surface area contributed by atoms with Crippen LogP contribution in [0.2, 0.25) is 0 Å². The van der Waals surface area contributed by atoms with E-state index in [9.17, 15) is 9.18 Å². The van der Waals surface area contributed by atoms with E-state index in [0.717, 1.165) is 5.56 Å². The van der Waals surface area contributed by atoms with E-state index in [4.69, 9.17) is 5.11 Å². The molecule has 1 rings (SSSR count). The van der Waals surface area contributed by atoms with Gasteiger partial charge in [0.25, 0.3) is 0 Å². The van der Waals surface area contributed by atoms with Crippen molar-refractivity contribution >= 4 is 11.7 Å². The Morgan fingerprint density at radius 3 is 2.73 bits per heavy atom. The summed E-state index contributed by atoms with van der Waals surface area (Å²) in [5, 5.41) is 11.4. The monoisotopic (exact) mass is 211 g/mol. The Labute approximate surface area is 87.9 Å². The van der Waals surface area contributed by atoms with Gasteiger partial charge in [0.1, 0.15) is 11.9 Å². The Balaban J connectivity index is 2.84. The zero-order valence-corrected chi connectivity index (χ0v) is 8.75. The van der Waals surface area contributed by atoms with Crippen LogP contribution in [0.25, 0.3) is 0 Å². The lowest BCUT2D eigenvalue weighted by Crippen LogP contribution is -2.28. The Kier molecular flexibility index (Phi) is 3.66. The molecule has 1 unspecified atom stereocenters. The third-order valence-corrected chi connectivity index (χ3v) is 2.16. The van der Waals surface area contributed by atoms with Crippen LogP contribution < -0.4 is 5.32 Å². The molecule has 3 nitrogen and oxygen atoms in total. The van der Waals surface area contributed by atoms with E-state index in [2.05, 4.69) is 5.32 Å². The summed E-state index contributed by atoms with van der Waals surface area (Å²) < 4.78 is 13.4. The van der Waals surface area contributed by atoms with E-state index in [-0.39, 0.29) is 5.69 Å². The van der Waals surface area contributed by atoms with Crippen LogP contribution in [0.4, 0.5) is 10.1 Å². The number of nitrogens with one attached hydrogen (secondary N) is 1. The predicted molar refractivity (Wildman–Crippen MR) is 56.5 cm³/mol. The minimum absolute atomic E-state index is 0.231. The normalized spacial score (nSPS) is 12.2. The maximum Gasteiger partial charge on any atom is 0.326 e. The number of aryl methyl sites for hydroxylation is 1. The van der Waals surface area contributed by atoms with Crippen molar-refractivity contribution in [2.24, 2.45) is 0 Å². The fraction of sp³-hybridized carbons (Fsp3) is 0.364. The Bertz CT molecular complexity index is 366. The van der Waals surface area contributed by atoms with Crippen molar-refractivity contribution in [2.45, 2.75) is 26.3 Å². The van der Waals surface area contributed by atoms with Gasteiger partial charge in [-0.25, -0.2) is 9.18 Å². The second kappa shape index (κ2) is 4.77. The van der Waals surface area contributed by atoms with Crippen molar-refractivity contribution in [3.63, 3.8) is 0 Å². The fourth-order valence-corrected chi connectivity index (χ4v) is 1.26. The van der Waals surface area contributed by atoms with E-state index < -0.39 is 17.8 Å². The van der Waals surface area contributed by atoms with Crippen molar-refractivity contribution in [1.29, 1.82) is 0 Å². The molecule has 4 heteroatoms. The average molecular weight is 211 g/mol. The molecule has 0 aromatic heterocycles. The van der Waals surface area contributed by atoms with Crippen LogP contribution in [0.5, 0.6) is 0 Å². The molecule has 2 N–H and O–H groups in total. The molecular formula is C11H14FNO2. The molecule has 0 aliphatic carbocycles. The van der Waals surface area contributed by atoms with Gasteiger partial charge in [-0.2, -0.15) is 0 Å². The lowest BCUT2D eigenvalue weighted by atomic mass is 10.2. The van der Waals surface area contributed by atoms with Crippen molar-refractivity contribution in [3.05, 3.63) is 29.6 Å². The van der Waals surface area contributed by atoms with E-state index in [0.29, 0.717) is 6.42 Å². The highest BCUT2D eigenvalue weighted by atomic mass is 19.1. The van der Waals surface area contributed by atoms with Gasteiger partial charge in [-0.05, 0) is 31.0 Å². The van der Waals surface area contributed by atoms with Gasteiger partial charge in [-0.1, -0.05) is 13.0 Å². The molecule has 82 valence electrons. The topological polar surface area (TPSA) is 49.3 Å². The van der Waals surface area contributed by atoms with Gasteiger partial charge in [0, 0.05) is 0 Å². The fourth-order valence-electron chi connectivity index (χ4n) is 1.26. The summed E-state index contributed by atoms with van der Waals surface area (Å²) in [6.07, 6.45) is 0.405. The van der Waals surface area contributed by atoms with Crippen LogP contribution in [-0.2, 0) is 4.79 Å². The summed E-state index contributed by atoms with van der Waals surface area (Å²) in [5.41, 5.74) is 1.04. The summed E-state index contributed by atoms with van der Waals surface area (Å²) in [5.74, 6) is -1.40. The molecule has 0 aliphatic rings. The van der Waals surface area contributed by atoms with Gasteiger partial charge in [0.15, 0.2) is 0 Å². The van der Waals surface area contributed by atoms with Gasteiger partial charge in [-0.15, -0.1) is 0 Å². The van der Waals surface area contributed by atoms with Crippen LogP contribution in [0.3, 0.4) is 0 Å². The van der Waals surface area contributed by atoms with Gasteiger partial charge in [0.2, 0.25) is 0 Å². The first kappa shape index (κ1) is 11.5. The van der Waals surface area contributed by atoms with Crippen LogP contribution in [-0.4, -0.2) is 17.1 Å². The smallest absolute Gasteiger partial charge is 0.326 e. The summed E-state index contributed by atoms with van der Waals surface area (Å²) >= 11 is 0. The Morgan fingerprint density at radius 2 is 2.27 bits per heavy atom. The predicted octanol–water partition coefficient (Wildman–Crippen LogP) is 2.41. The molecule has 15 heavy (non-hydrogen) atoms. The summed E-state index contributed by atoms with van der Waals surface area (Å²) in [6, 6.07) is 3.91. The zero-order valence-electron chi connectivity index (χ0n) is 8.75. The van der Waals surface area contributed by atoms with Crippen LogP contribution >= 0.6 is 0 Å². The van der Waals surface area contributed by atoms with E-state index in [1.54, 1.807) is 26.0 Å². The number of carbonyl (C=O) groups is 1. The molecule has 0 fully saturated rings. The maximum atomic E-state index is 13.4. The second-order valence-electron chi connectivity index (χ2n) is 3.43. The Hall–Kier alpha value is -1.58. The number of carboxylic acids is 1. The number of halogens is 1. The minimum Gasteiger partial charge on any atom is -0.480 e. The third kappa shape index (κ3) is 2.94. The van der Waals surface area contributed by atoms with Crippen molar-refractivity contribution in [3.8, 4) is 0 Å². The number of benzene rings is 1. The highest BCUT2D eigenvalue weighted by Gasteiger charge is 2.15. The van der Waals surface area contributed by atoms with Crippen LogP contribution in [0.1, 0.15) is 18.9 Å². The molecule has 0 bridgehead atoms. The first-order chi connectivity index (χ1) is 7.04. The largest absolute Gasteiger partial charge is 0.480 e. The van der Waals surface area contributed by atoms with Gasteiger partial charge in [-0.3, -0.25) is 0 Å². The minimum atomic E-state index is -0.975. The number of rotatable bonds is 4.